The number of methoxy groups -OCH3 is 1. The van der Waals surface area contributed by atoms with Gasteiger partial charge in [-0.15, -0.1) is 6.58 Å². The van der Waals surface area contributed by atoms with E-state index < -0.39 is 6.29 Å². The van der Waals surface area contributed by atoms with Gasteiger partial charge >= 0.3 is 0 Å². The molecule has 2 aliphatic rings. The summed E-state index contributed by atoms with van der Waals surface area (Å²) in [6.45, 7) is 5.71. The summed E-state index contributed by atoms with van der Waals surface area (Å²) in [7, 11) is 1.61. The van der Waals surface area contributed by atoms with Crippen molar-refractivity contribution in [3.63, 3.8) is 0 Å². The van der Waals surface area contributed by atoms with Crippen molar-refractivity contribution in [2.75, 3.05) is 7.11 Å². The Hall–Kier alpha value is -1.03. The van der Waals surface area contributed by atoms with Gasteiger partial charge in [0.2, 0.25) is 5.71 Å². The molecule has 0 bridgehead atoms. The second-order valence-electron chi connectivity index (χ2n) is 5.10. The lowest BCUT2D eigenvalue weighted by Crippen LogP contribution is -2.54. The molecule has 1 aliphatic heterocycles. The first-order chi connectivity index (χ1) is 8.15. The summed E-state index contributed by atoms with van der Waals surface area (Å²) >= 11 is 0. The summed E-state index contributed by atoms with van der Waals surface area (Å²) in [5.41, 5.74) is 0.680. The van der Waals surface area contributed by atoms with Crippen LogP contribution in [0.1, 0.15) is 39.0 Å². The van der Waals surface area contributed by atoms with Crippen molar-refractivity contribution < 1.29 is 14.5 Å². The molecule has 0 aromatic rings. The van der Waals surface area contributed by atoms with Crippen molar-refractivity contribution in [3.05, 3.63) is 17.9 Å². The predicted octanol–water partition coefficient (Wildman–Crippen LogP) is 2.63. The Morgan fingerprint density at radius 3 is 3.06 bits per heavy atom. The molecule has 0 radical (unpaired) electrons. The van der Waals surface area contributed by atoms with Gasteiger partial charge in [-0.3, -0.25) is 5.21 Å². The number of rotatable bonds is 3. The molecule has 0 spiro atoms. The third kappa shape index (κ3) is 1.84. The van der Waals surface area contributed by atoms with Crippen LogP contribution in [-0.2, 0) is 9.57 Å². The van der Waals surface area contributed by atoms with Crippen molar-refractivity contribution >= 4 is 5.71 Å². The zero-order chi connectivity index (χ0) is 12.5. The Morgan fingerprint density at radius 1 is 1.65 bits per heavy atom. The van der Waals surface area contributed by atoms with Gasteiger partial charge in [-0.2, -0.15) is 0 Å². The van der Waals surface area contributed by atoms with Crippen molar-refractivity contribution in [1.82, 2.24) is 0 Å². The molecule has 1 fully saturated rings. The molecule has 1 aliphatic carbocycles. The first kappa shape index (κ1) is 12.4. The van der Waals surface area contributed by atoms with E-state index in [0.717, 1.165) is 25.0 Å². The Kier molecular flexibility index (Phi) is 3.43. The largest absolute Gasteiger partial charge is 0.372 e. The van der Waals surface area contributed by atoms with Crippen LogP contribution < -0.4 is 0 Å². The SMILES string of the molecule is C=CC[C@]12CCCC[C@@H]1C(C)=[N+]([O-])O[C@H]2OC. The van der Waals surface area contributed by atoms with Gasteiger partial charge in [-0.05, 0) is 19.3 Å². The van der Waals surface area contributed by atoms with Crippen molar-refractivity contribution in [2.45, 2.75) is 45.3 Å². The number of ether oxygens (including phenoxy) is 1. The third-order valence-corrected chi connectivity index (χ3v) is 4.27. The first-order valence-corrected chi connectivity index (χ1v) is 6.27. The lowest BCUT2D eigenvalue weighted by atomic mass is 9.62. The Labute approximate surface area is 102 Å². The molecule has 3 atom stereocenters. The van der Waals surface area contributed by atoms with Crippen LogP contribution in [-0.4, -0.2) is 24.0 Å². The Bertz CT molecular complexity index is 340. The lowest BCUT2D eigenvalue weighted by Gasteiger charge is -2.49. The van der Waals surface area contributed by atoms with E-state index in [2.05, 4.69) is 6.58 Å². The van der Waals surface area contributed by atoms with Crippen molar-refractivity contribution in [3.8, 4) is 0 Å². The zero-order valence-electron chi connectivity index (χ0n) is 10.6. The number of hydrogen-bond donors (Lipinski definition) is 0. The zero-order valence-corrected chi connectivity index (χ0v) is 10.6. The van der Waals surface area contributed by atoms with E-state index in [9.17, 15) is 5.21 Å². The molecule has 0 N–H and O–H groups in total. The summed E-state index contributed by atoms with van der Waals surface area (Å²) < 4.78 is 5.41. The van der Waals surface area contributed by atoms with E-state index in [0.29, 0.717) is 4.90 Å². The third-order valence-electron chi connectivity index (χ3n) is 4.27. The average Bonchev–Trinajstić information content (AvgIpc) is 2.34. The quantitative estimate of drug-likeness (QED) is 0.561. The molecule has 96 valence electrons. The van der Waals surface area contributed by atoms with Crippen LogP contribution in [0, 0.1) is 16.5 Å². The lowest BCUT2D eigenvalue weighted by molar-refractivity contribution is -0.780. The molecule has 1 saturated carbocycles. The predicted molar refractivity (Wildman–Crippen MR) is 65.4 cm³/mol. The van der Waals surface area contributed by atoms with E-state index in [1.165, 1.54) is 12.8 Å². The monoisotopic (exact) mass is 239 g/mol. The molecule has 0 saturated heterocycles. The van der Waals surface area contributed by atoms with Gasteiger partial charge in [0.1, 0.15) is 0 Å². The van der Waals surface area contributed by atoms with Gasteiger partial charge in [-0.25, -0.2) is 0 Å². The highest BCUT2D eigenvalue weighted by Gasteiger charge is 2.53. The molecule has 4 nitrogen and oxygen atoms in total. The molecule has 0 aromatic carbocycles. The van der Waals surface area contributed by atoms with E-state index >= 15 is 0 Å². The average molecular weight is 239 g/mol. The summed E-state index contributed by atoms with van der Waals surface area (Å²) in [5, 5.41) is 11.7. The fourth-order valence-corrected chi connectivity index (χ4v) is 3.46. The van der Waals surface area contributed by atoms with Gasteiger partial charge in [0.25, 0.3) is 0 Å². The van der Waals surface area contributed by atoms with Crippen LogP contribution in [0.15, 0.2) is 12.7 Å². The molecular formula is C13H21NO3. The maximum absolute atomic E-state index is 11.7. The van der Waals surface area contributed by atoms with Crippen LogP contribution in [0.4, 0.5) is 0 Å². The highest BCUT2D eigenvalue weighted by Crippen LogP contribution is 2.50. The molecule has 4 heteroatoms. The van der Waals surface area contributed by atoms with Crippen LogP contribution in [0.5, 0.6) is 0 Å². The summed E-state index contributed by atoms with van der Waals surface area (Å²) in [4.78, 5) is 5.99. The highest BCUT2D eigenvalue weighted by molar-refractivity contribution is 5.81. The molecule has 17 heavy (non-hydrogen) atoms. The summed E-state index contributed by atoms with van der Waals surface area (Å²) in [5.74, 6) is 0.255. The van der Waals surface area contributed by atoms with Crippen molar-refractivity contribution in [1.29, 1.82) is 0 Å². The molecule has 0 aromatic heterocycles. The van der Waals surface area contributed by atoms with Crippen molar-refractivity contribution in [2.24, 2.45) is 11.3 Å². The minimum absolute atomic E-state index is 0.0975. The van der Waals surface area contributed by atoms with Crippen LogP contribution in [0.3, 0.4) is 0 Å². The van der Waals surface area contributed by atoms with Gasteiger partial charge < -0.3 is 9.57 Å². The maximum atomic E-state index is 11.7. The van der Waals surface area contributed by atoms with E-state index in [1.54, 1.807) is 7.11 Å². The fraction of sp³-hybridized carbons (Fsp3) is 0.769. The molecule has 0 amide bonds. The van der Waals surface area contributed by atoms with Crippen LogP contribution in [0.2, 0.25) is 0 Å². The first-order valence-electron chi connectivity index (χ1n) is 6.27. The minimum atomic E-state index is -0.452. The number of fused-ring (bicyclic) bond motifs is 1. The number of allylic oxidation sites excluding steroid dienone is 1. The van der Waals surface area contributed by atoms with E-state index in [-0.39, 0.29) is 11.3 Å². The topological polar surface area (TPSA) is 44.5 Å². The normalized spacial score (nSPS) is 37.3. The van der Waals surface area contributed by atoms with E-state index in [4.69, 9.17) is 9.57 Å². The van der Waals surface area contributed by atoms with Gasteiger partial charge in [-0.1, -0.05) is 18.9 Å². The van der Waals surface area contributed by atoms with Crippen LogP contribution in [0.25, 0.3) is 0 Å². The molecule has 2 rings (SSSR count). The number of hydrogen-bond acceptors (Lipinski definition) is 3. The van der Waals surface area contributed by atoms with Gasteiger partial charge in [0.05, 0.1) is 5.92 Å². The van der Waals surface area contributed by atoms with E-state index in [1.807, 2.05) is 13.0 Å². The molecule has 0 unspecified atom stereocenters. The highest BCUT2D eigenvalue weighted by atomic mass is 16.9. The maximum Gasteiger partial charge on any atom is 0.222 e. The van der Waals surface area contributed by atoms with Gasteiger partial charge in [0, 0.05) is 24.4 Å². The van der Waals surface area contributed by atoms with Gasteiger partial charge in [0.15, 0.2) is 6.29 Å². The summed E-state index contributed by atoms with van der Waals surface area (Å²) in [6.07, 6.45) is 6.72. The summed E-state index contributed by atoms with van der Waals surface area (Å²) in [6, 6.07) is 0. The van der Waals surface area contributed by atoms with Crippen LogP contribution >= 0.6 is 0 Å². The fourth-order valence-electron chi connectivity index (χ4n) is 3.46. The smallest absolute Gasteiger partial charge is 0.222 e. The Morgan fingerprint density at radius 2 is 2.41 bits per heavy atom. The molecular weight excluding hydrogens is 218 g/mol. The minimum Gasteiger partial charge on any atom is -0.372 e. The Balaban J connectivity index is 2.41. The second kappa shape index (κ2) is 4.69. The molecule has 1 heterocycles. The number of nitrogens with zero attached hydrogens (tertiary/aromatic N) is 1. The second-order valence-corrected chi connectivity index (χ2v) is 5.10. The standard InChI is InChI=1S/C13H21NO3/c1-4-8-13-9-6-5-7-11(13)10(2)14(15)17-12(13)16-3/h4,11-12H,1,5-9H2,2-3H3/t11-,12-,13+/m1/s1.